The van der Waals surface area contributed by atoms with Crippen LogP contribution in [0, 0.1) is 37.5 Å². The summed E-state index contributed by atoms with van der Waals surface area (Å²) in [6.45, 7) is 4.29. The number of hydrogen-bond donors (Lipinski definition) is 0. The van der Waals surface area contributed by atoms with Crippen LogP contribution in [-0.2, 0) is 0 Å². The predicted molar refractivity (Wildman–Crippen MR) is 118 cm³/mol. The van der Waals surface area contributed by atoms with Gasteiger partial charge in [0.1, 0.15) is 0 Å². The van der Waals surface area contributed by atoms with Crippen LogP contribution in [0.5, 0.6) is 0 Å². The van der Waals surface area contributed by atoms with E-state index >= 15 is 0 Å². The maximum Gasteiger partial charge on any atom is 0.0284 e. The molecule has 0 bridgehead atoms. The van der Waals surface area contributed by atoms with E-state index in [9.17, 15) is 0 Å². The normalized spacial score (nSPS) is 9.93. The molecule has 0 aliphatic rings. The molecule has 0 radical (unpaired) electrons. The van der Waals surface area contributed by atoms with E-state index in [2.05, 4.69) is 61.8 Å². The number of hydrogen-bond acceptors (Lipinski definition) is 0. The fourth-order valence-corrected chi connectivity index (χ4v) is 3.30. The lowest BCUT2D eigenvalue weighted by Crippen LogP contribution is -1.90. The lowest BCUT2D eigenvalue weighted by Gasteiger charge is -2.09. The van der Waals surface area contributed by atoms with Gasteiger partial charge in [-0.3, -0.25) is 0 Å². The molecule has 0 N–H and O–H groups in total. The number of benzene rings is 4. The molecule has 132 valence electrons. The molecule has 0 aliphatic heterocycles. The second-order valence-corrected chi connectivity index (χ2v) is 6.80. The summed E-state index contributed by atoms with van der Waals surface area (Å²) in [7, 11) is 0. The summed E-state index contributed by atoms with van der Waals surface area (Å²) in [6, 6.07) is 28.8. The van der Waals surface area contributed by atoms with Gasteiger partial charge < -0.3 is 0 Å². The van der Waals surface area contributed by atoms with Crippen molar-refractivity contribution in [3.8, 4) is 23.7 Å². The molecule has 0 fully saturated rings. The van der Waals surface area contributed by atoms with Gasteiger partial charge in [-0.2, -0.15) is 0 Å². The molecule has 0 amide bonds. The minimum atomic E-state index is 1.03. The van der Waals surface area contributed by atoms with Crippen LogP contribution in [0.4, 0.5) is 0 Å². The fraction of sp³-hybridized carbons (Fsp3) is 0.0714. The van der Waals surface area contributed by atoms with Gasteiger partial charge in [0.15, 0.2) is 0 Å². The molecule has 4 aromatic rings. The van der Waals surface area contributed by atoms with Crippen molar-refractivity contribution in [1.29, 1.82) is 0 Å². The van der Waals surface area contributed by atoms with Gasteiger partial charge in [0.05, 0.1) is 0 Å². The summed E-state index contributed by atoms with van der Waals surface area (Å²) in [5, 5.41) is 2.48. The Hall–Kier alpha value is -3.74. The first-order valence-electron chi connectivity index (χ1n) is 9.39. The smallest absolute Gasteiger partial charge is 0.0284 e. The SMILES string of the molecule is Cc1c(C#Cc2ccccc2)ccc2c(C)c(C#Cc3ccccc3)ccc12. The Kier molecular flexibility index (Phi) is 4.97. The highest BCUT2D eigenvalue weighted by atomic mass is 14.1. The Bertz CT molecular complexity index is 1150. The first-order chi connectivity index (χ1) is 13.7. The van der Waals surface area contributed by atoms with Crippen molar-refractivity contribution in [3.63, 3.8) is 0 Å². The highest BCUT2D eigenvalue weighted by Crippen LogP contribution is 2.26. The molecular formula is C28H20. The van der Waals surface area contributed by atoms with Gasteiger partial charge in [-0.1, -0.05) is 72.2 Å². The van der Waals surface area contributed by atoms with Gasteiger partial charge in [-0.05, 0) is 72.1 Å². The monoisotopic (exact) mass is 356 g/mol. The maximum absolute atomic E-state index is 3.32. The van der Waals surface area contributed by atoms with Gasteiger partial charge in [0, 0.05) is 22.3 Å². The van der Waals surface area contributed by atoms with E-state index in [4.69, 9.17) is 0 Å². The molecule has 0 saturated heterocycles. The van der Waals surface area contributed by atoms with E-state index in [0.29, 0.717) is 0 Å². The summed E-state index contributed by atoms with van der Waals surface area (Å²) in [5.41, 5.74) is 6.63. The molecule has 0 heterocycles. The third-order valence-electron chi connectivity index (χ3n) is 4.97. The van der Waals surface area contributed by atoms with Crippen LogP contribution in [-0.4, -0.2) is 0 Å². The third-order valence-corrected chi connectivity index (χ3v) is 4.97. The van der Waals surface area contributed by atoms with Crippen LogP contribution in [0.3, 0.4) is 0 Å². The average Bonchev–Trinajstić information content (AvgIpc) is 2.74. The van der Waals surface area contributed by atoms with Gasteiger partial charge in [0.2, 0.25) is 0 Å². The Balaban J connectivity index is 1.73. The summed E-state index contributed by atoms with van der Waals surface area (Å²) < 4.78 is 0. The summed E-state index contributed by atoms with van der Waals surface area (Å²) in [4.78, 5) is 0. The van der Waals surface area contributed by atoms with E-state index in [0.717, 1.165) is 22.3 Å². The van der Waals surface area contributed by atoms with Crippen molar-refractivity contribution in [3.05, 3.63) is 118 Å². The first kappa shape index (κ1) is 17.7. The van der Waals surface area contributed by atoms with Crippen LogP contribution in [0.25, 0.3) is 10.8 Å². The van der Waals surface area contributed by atoms with Gasteiger partial charge in [-0.15, -0.1) is 0 Å². The second-order valence-electron chi connectivity index (χ2n) is 6.80. The standard InChI is InChI=1S/C28H20/c1-21-25(15-13-23-9-5-3-6-10-23)17-20-28-22(2)26(18-19-27(21)28)16-14-24-11-7-4-8-12-24/h3-12,17-20H,1-2H3. The Labute approximate surface area is 166 Å². The Morgan fingerprint density at radius 2 is 0.821 bits per heavy atom. The second kappa shape index (κ2) is 7.87. The first-order valence-corrected chi connectivity index (χ1v) is 9.39. The zero-order chi connectivity index (χ0) is 19.3. The number of fused-ring (bicyclic) bond motifs is 1. The van der Waals surface area contributed by atoms with E-state index < -0.39 is 0 Å². The zero-order valence-electron chi connectivity index (χ0n) is 16.1. The van der Waals surface area contributed by atoms with Gasteiger partial charge >= 0.3 is 0 Å². The molecule has 0 atom stereocenters. The molecule has 0 aromatic heterocycles. The fourth-order valence-electron chi connectivity index (χ4n) is 3.30. The lowest BCUT2D eigenvalue weighted by molar-refractivity contribution is 1.44. The number of rotatable bonds is 0. The van der Waals surface area contributed by atoms with Crippen molar-refractivity contribution in [2.24, 2.45) is 0 Å². The molecule has 4 aromatic carbocycles. The van der Waals surface area contributed by atoms with E-state index in [1.807, 2.05) is 60.7 Å². The highest BCUT2D eigenvalue weighted by Gasteiger charge is 2.06. The minimum Gasteiger partial charge on any atom is -0.0622 e. The largest absolute Gasteiger partial charge is 0.0622 e. The molecule has 28 heavy (non-hydrogen) atoms. The molecule has 0 nitrogen and oxygen atoms in total. The van der Waals surface area contributed by atoms with Gasteiger partial charge in [0.25, 0.3) is 0 Å². The van der Waals surface area contributed by atoms with E-state index in [1.165, 1.54) is 21.9 Å². The Morgan fingerprint density at radius 1 is 0.429 bits per heavy atom. The summed E-state index contributed by atoms with van der Waals surface area (Å²) in [6.07, 6.45) is 0. The molecule has 0 aliphatic carbocycles. The lowest BCUT2D eigenvalue weighted by atomic mass is 9.94. The van der Waals surface area contributed by atoms with Crippen molar-refractivity contribution in [1.82, 2.24) is 0 Å². The molecule has 0 spiro atoms. The minimum absolute atomic E-state index is 1.03. The Morgan fingerprint density at radius 3 is 1.21 bits per heavy atom. The van der Waals surface area contributed by atoms with Crippen molar-refractivity contribution in [2.45, 2.75) is 13.8 Å². The van der Waals surface area contributed by atoms with E-state index in [1.54, 1.807) is 0 Å². The average molecular weight is 356 g/mol. The molecule has 0 unspecified atom stereocenters. The van der Waals surface area contributed by atoms with Crippen LogP contribution in [0.15, 0.2) is 84.9 Å². The van der Waals surface area contributed by atoms with Crippen LogP contribution in [0.2, 0.25) is 0 Å². The maximum atomic E-state index is 3.32. The molecule has 4 rings (SSSR count). The zero-order valence-corrected chi connectivity index (χ0v) is 16.1. The van der Waals surface area contributed by atoms with Crippen molar-refractivity contribution in [2.75, 3.05) is 0 Å². The molecule has 0 heteroatoms. The van der Waals surface area contributed by atoms with Crippen LogP contribution >= 0.6 is 0 Å². The van der Waals surface area contributed by atoms with E-state index in [-0.39, 0.29) is 0 Å². The van der Waals surface area contributed by atoms with Crippen molar-refractivity contribution < 1.29 is 0 Å². The van der Waals surface area contributed by atoms with Crippen LogP contribution in [0.1, 0.15) is 33.4 Å². The highest BCUT2D eigenvalue weighted by molar-refractivity contribution is 5.91. The molecule has 0 saturated carbocycles. The van der Waals surface area contributed by atoms with Crippen molar-refractivity contribution >= 4 is 10.8 Å². The summed E-state index contributed by atoms with van der Waals surface area (Å²) in [5.74, 6) is 13.2. The third kappa shape index (κ3) is 3.68. The predicted octanol–water partition coefficient (Wildman–Crippen LogP) is 6.26. The summed E-state index contributed by atoms with van der Waals surface area (Å²) >= 11 is 0. The molecular weight excluding hydrogens is 336 g/mol. The van der Waals surface area contributed by atoms with Crippen LogP contribution < -0.4 is 0 Å². The quantitative estimate of drug-likeness (QED) is 0.326. The topological polar surface area (TPSA) is 0 Å². The number of aryl methyl sites for hydroxylation is 2. The van der Waals surface area contributed by atoms with Gasteiger partial charge in [-0.25, -0.2) is 0 Å².